The molecule has 7 rings (SSSR count). The topological polar surface area (TPSA) is 40.3 Å². The standard InChI is InChI=1S/C31H26N4/c1-19-14-16-22(17-15-19)31(25-12-7-9-21(25)3)29-32-26-13-5-4-10-24(26)28-18-27(23-11-6-8-20(23)2)33-30(34-31)35(28)29/h4-18,20-21H,1-3H3. The molecule has 0 radical (unpaired) electrons. The van der Waals surface area contributed by atoms with Gasteiger partial charge in [-0.3, -0.25) is 4.90 Å². The van der Waals surface area contributed by atoms with E-state index in [9.17, 15) is 0 Å². The number of hydrogen-bond donors (Lipinski definition) is 0. The first kappa shape index (κ1) is 20.3. The molecule has 2 aliphatic carbocycles. The van der Waals surface area contributed by atoms with Gasteiger partial charge in [-0.25, -0.2) is 15.0 Å². The Balaban J connectivity index is 1.54. The van der Waals surface area contributed by atoms with Gasteiger partial charge in [0.15, 0.2) is 11.4 Å². The van der Waals surface area contributed by atoms with Gasteiger partial charge < -0.3 is 0 Å². The summed E-state index contributed by atoms with van der Waals surface area (Å²) in [6.07, 6.45) is 15.3. The Bertz CT molecular complexity index is 1520. The van der Waals surface area contributed by atoms with Crippen molar-refractivity contribution in [3.05, 3.63) is 119 Å². The van der Waals surface area contributed by atoms with Crippen LogP contribution < -0.4 is 0 Å². The van der Waals surface area contributed by atoms with Gasteiger partial charge in [-0.1, -0.05) is 98.3 Å². The van der Waals surface area contributed by atoms with Crippen LogP contribution in [0.25, 0.3) is 5.70 Å². The summed E-state index contributed by atoms with van der Waals surface area (Å²) in [7, 11) is 0. The third kappa shape index (κ3) is 2.77. The minimum Gasteiger partial charge on any atom is -0.263 e. The van der Waals surface area contributed by atoms with Crippen LogP contribution in [-0.4, -0.2) is 22.4 Å². The Kier molecular flexibility index (Phi) is 4.20. The molecule has 0 aromatic heterocycles. The quantitative estimate of drug-likeness (QED) is 0.511. The van der Waals surface area contributed by atoms with Gasteiger partial charge in [0.05, 0.1) is 17.1 Å². The smallest absolute Gasteiger partial charge is 0.233 e. The van der Waals surface area contributed by atoms with Crippen molar-refractivity contribution in [2.75, 3.05) is 0 Å². The van der Waals surface area contributed by atoms with Crippen LogP contribution in [0, 0.1) is 18.8 Å². The van der Waals surface area contributed by atoms with E-state index in [-0.39, 0.29) is 5.92 Å². The minimum atomic E-state index is -0.731. The lowest BCUT2D eigenvalue weighted by molar-refractivity contribution is 0.629. The summed E-state index contributed by atoms with van der Waals surface area (Å²) >= 11 is 0. The fourth-order valence-corrected chi connectivity index (χ4v) is 5.80. The van der Waals surface area contributed by atoms with E-state index in [1.165, 1.54) is 16.7 Å². The van der Waals surface area contributed by atoms with Crippen LogP contribution in [0.5, 0.6) is 0 Å². The molecule has 0 fully saturated rings. The van der Waals surface area contributed by atoms with E-state index < -0.39 is 5.54 Å². The number of aryl methyl sites for hydroxylation is 1. The highest BCUT2D eigenvalue weighted by Gasteiger charge is 2.54. The molecule has 2 aromatic rings. The molecule has 0 saturated heterocycles. The average molecular weight is 455 g/mol. The molecular formula is C31H26N4. The molecule has 0 N–H and O–H groups in total. The van der Waals surface area contributed by atoms with Gasteiger partial charge in [-0.15, -0.1) is 0 Å². The highest BCUT2D eigenvalue weighted by atomic mass is 15.4. The Hall–Kier alpha value is -4.05. The number of rotatable bonds is 3. The molecule has 4 heteroatoms. The normalized spacial score (nSPS) is 27.6. The van der Waals surface area contributed by atoms with Crippen LogP contribution in [0.3, 0.4) is 0 Å². The van der Waals surface area contributed by atoms with Gasteiger partial charge in [0, 0.05) is 11.5 Å². The monoisotopic (exact) mass is 454 g/mol. The molecule has 0 amide bonds. The molecule has 4 nitrogen and oxygen atoms in total. The predicted octanol–water partition coefficient (Wildman–Crippen LogP) is 6.67. The van der Waals surface area contributed by atoms with Crippen LogP contribution >= 0.6 is 0 Å². The lowest BCUT2D eigenvalue weighted by Gasteiger charge is -2.37. The first-order chi connectivity index (χ1) is 17.1. The SMILES string of the molecule is Cc1ccc(C2(C3=CC=CC3C)N=C3N=C(C4=CC=CC4C)C=C4c5ccccc5N=C2N43)cc1. The van der Waals surface area contributed by atoms with Crippen molar-refractivity contribution in [3.63, 3.8) is 0 Å². The average Bonchev–Trinajstić information content (AvgIpc) is 3.58. The largest absolute Gasteiger partial charge is 0.263 e. The van der Waals surface area contributed by atoms with Crippen LogP contribution in [0.15, 0.2) is 117 Å². The van der Waals surface area contributed by atoms with Crippen LogP contribution in [0.4, 0.5) is 5.69 Å². The van der Waals surface area contributed by atoms with Gasteiger partial charge >= 0.3 is 0 Å². The Morgan fingerprint density at radius 1 is 0.857 bits per heavy atom. The predicted molar refractivity (Wildman–Crippen MR) is 144 cm³/mol. The molecule has 3 atom stereocenters. The molecule has 2 aromatic carbocycles. The first-order valence-electron chi connectivity index (χ1n) is 12.3. The highest BCUT2D eigenvalue weighted by molar-refractivity contribution is 6.29. The number of benzene rings is 2. The fraction of sp³-hybridized carbons (Fsp3) is 0.194. The maximum atomic E-state index is 5.47. The number of guanidine groups is 1. The molecule has 35 heavy (non-hydrogen) atoms. The molecule has 3 heterocycles. The molecule has 0 bridgehead atoms. The summed E-state index contributed by atoms with van der Waals surface area (Å²) in [5.41, 5.74) is 8.24. The number of allylic oxidation sites excluding steroid dienone is 8. The third-order valence-electron chi connectivity index (χ3n) is 7.66. The maximum Gasteiger partial charge on any atom is 0.233 e. The Morgan fingerprint density at radius 2 is 1.63 bits per heavy atom. The van der Waals surface area contributed by atoms with Crippen molar-refractivity contribution >= 4 is 28.9 Å². The lowest BCUT2D eigenvalue weighted by atomic mass is 9.77. The van der Waals surface area contributed by atoms with Gasteiger partial charge in [0.25, 0.3) is 0 Å². The molecular weight excluding hydrogens is 428 g/mol. The highest BCUT2D eigenvalue weighted by Crippen LogP contribution is 2.52. The summed E-state index contributed by atoms with van der Waals surface area (Å²) < 4.78 is 0. The Morgan fingerprint density at radius 3 is 2.37 bits per heavy atom. The number of fused-ring (bicyclic) bond motifs is 2. The number of amidine groups is 1. The van der Waals surface area contributed by atoms with E-state index in [0.29, 0.717) is 11.9 Å². The van der Waals surface area contributed by atoms with Gasteiger partial charge in [0.1, 0.15) is 0 Å². The second kappa shape index (κ2) is 7.22. The summed E-state index contributed by atoms with van der Waals surface area (Å²) in [4.78, 5) is 18.1. The van der Waals surface area contributed by atoms with Gasteiger partial charge in [0.2, 0.25) is 5.96 Å². The lowest BCUT2D eigenvalue weighted by Crippen LogP contribution is -2.44. The van der Waals surface area contributed by atoms with E-state index in [0.717, 1.165) is 34.1 Å². The van der Waals surface area contributed by atoms with Crippen LogP contribution in [0.1, 0.15) is 30.5 Å². The molecule has 3 aliphatic heterocycles. The summed E-state index contributed by atoms with van der Waals surface area (Å²) in [6, 6.07) is 17.1. The summed E-state index contributed by atoms with van der Waals surface area (Å²) in [5, 5.41) is 0. The van der Waals surface area contributed by atoms with E-state index in [1.54, 1.807) is 0 Å². The maximum absolute atomic E-state index is 5.47. The van der Waals surface area contributed by atoms with Crippen molar-refractivity contribution in [2.24, 2.45) is 26.8 Å². The van der Waals surface area contributed by atoms with E-state index in [1.807, 2.05) is 0 Å². The van der Waals surface area contributed by atoms with Crippen molar-refractivity contribution in [2.45, 2.75) is 26.3 Å². The van der Waals surface area contributed by atoms with Gasteiger partial charge in [-0.2, -0.15) is 0 Å². The van der Waals surface area contributed by atoms with Crippen LogP contribution in [-0.2, 0) is 5.54 Å². The second-order valence-electron chi connectivity index (χ2n) is 9.89. The van der Waals surface area contributed by atoms with Gasteiger partial charge in [-0.05, 0) is 41.7 Å². The summed E-state index contributed by atoms with van der Waals surface area (Å²) in [5.74, 6) is 2.21. The van der Waals surface area contributed by atoms with Crippen molar-refractivity contribution in [1.82, 2.24) is 4.90 Å². The number of nitrogens with zero attached hydrogens (tertiary/aromatic N) is 4. The van der Waals surface area contributed by atoms with Crippen LogP contribution in [0.2, 0.25) is 0 Å². The summed E-state index contributed by atoms with van der Waals surface area (Å²) in [6.45, 7) is 6.58. The van der Waals surface area contributed by atoms with E-state index in [4.69, 9.17) is 15.0 Å². The molecule has 0 spiro atoms. The first-order valence-corrected chi connectivity index (χ1v) is 12.3. The molecule has 3 unspecified atom stereocenters. The minimum absolute atomic E-state index is 0.250. The zero-order chi connectivity index (χ0) is 23.7. The molecule has 170 valence electrons. The van der Waals surface area contributed by atoms with E-state index in [2.05, 4.69) is 117 Å². The van der Waals surface area contributed by atoms with Crippen molar-refractivity contribution in [3.8, 4) is 0 Å². The fourth-order valence-electron chi connectivity index (χ4n) is 5.80. The zero-order valence-corrected chi connectivity index (χ0v) is 20.1. The number of aliphatic imine (C=N–C) groups is 3. The van der Waals surface area contributed by atoms with Crippen molar-refractivity contribution < 1.29 is 0 Å². The molecule has 0 saturated carbocycles. The third-order valence-corrected chi connectivity index (χ3v) is 7.66. The Labute approximate surface area is 205 Å². The second-order valence-corrected chi connectivity index (χ2v) is 9.89. The van der Waals surface area contributed by atoms with E-state index >= 15 is 0 Å². The number of para-hydroxylation sites is 1. The number of hydrogen-bond acceptors (Lipinski definition) is 4. The zero-order valence-electron chi connectivity index (χ0n) is 20.1. The van der Waals surface area contributed by atoms with Crippen molar-refractivity contribution in [1.29, 1.82) is 0 Å². The molecule has 5 aliphatic rings.